The van der Waals surface area contributed by atoms with E-state index in [0.717, 1.165) is 11.3 Å². The monoisotopic (exact) mass is 271 g/mol. The molecule has 0 saturated heterocycles. The van der Waals surface area contributed by atoms with Crippen LogP contribution < -0.4 is 10.5 Å². The maximum atomic E-state index is 5.89. The average molecular weight is 271 g/mol. The van der Waals surface area contributed by atoms with E-state index in [4.69, 9.17) is 22.7 Å². The highest BCUT2D eigenvalue weighted by molar-refractivity contribution is 7.80. The number of benzene rings is 2. The lowest BCUT2D eigenvalue weighted by molar-refractivity contribution is 0.480. The lowest BCUT2D eigenvalue weighted by Gasteiger charge is -2.12. The molecule has 2 rings (SSSR count). The largest absolute Gasteiger partial charge is 0.457 e. The molecule has 0 aliphatic rings. The molecule has 19 heavy (non-hydrogen) atoms. The van der Waals surface area contributed by atoms with Gasteiger partial charge in [0, 0.05) is 0 Å². The number of rotatable bonds is 4. The zero-order chi connectivity index (χ0) is 13.8. The van der Waals surface area contributed by atoms with Crippen molar-refractivity contribution in [1.82, 2.24) is 0 Å². The van der Waals surface area contributed by atoms with Gasteiger partial charge in [0.2, 0.25) is 0 Å². The first-order valence-corrected chi connectivity index (χ1v) is 6.65. The van der Waals surface area contributed by atoms with Gasteiger partial charge in [0.05, 0.1) is 5.56 Å². The summed E-state index contributed by atoms with van der Waals surface area (Å²) in [5.74, 6) is 1.96. The fourth-order valence-corrected chi connectivity index (χ4v) is 1.99. The maximum absolute atomic E-state index is 5.89. The van der Waals surface area contributed by atoms with Crippen molar-refractivity contribution in [3.63, 3.8) is 0 Å². The Balaban J connectivity index is 2.31. The summed E-state index contributed by atoms with van der Waals surface area (Å²) in [7, 11) is 0. The van der Waals surface area contributed by atoms with Crippen molar-refractivity contribution in [2.75, 3.05) is 0 Å². The summed E-state index contributed by atoms with van der Waals surface area (Å²) >= 11 is 5.03. The Morgan fingerprint density at radius 2 is 1.84 bits per heavy atom. The van der Waals surface area contributed by atoms with E-state index in [1.54, 1.807) is 0 Å². The molecule has 0 heterocycles. The molecule has 0 saturated carbocycles. The zero-order valence-corrected chi connectivity index (χ0v) is 11.9. The second kappa shape index (κ2) is 5.85. The minimum Gasteiger partial charge on any atom is -0.457 e. The van der Waals surface area contributed by atoms with Crippen LogP contribution in [0.3, 0.4) is 0 Å². The molecule has 0 aliphatic carbocycles. The summed E-state index contributed by atoms with van der Waals surface area (Å²) < 4.78 is 5.89. The van der Waals surface area contributed by atoms with Crippen LogP contribution in [0.5, 0.6) is 11.5 Å². The van der Waals surface area contributed by atoms with Crippen LogP contribution >= 0.6 is 12.2 Å². The minimum absolute atomic E-state index is 0.343. The molecule has 0 unspecified atom stereocenters. The van der Waals surface area contributed by atoms with Crippen LogP contribution in [0, 0.1) is 0 Å². The van der Waals surface area contributed by atoms with Gasteiger partial charge in [0.15, 0.2) is 0 Å². The van der Waals surface area contributed by atoms with Gasteiger partial charge < -0.3 is 10.5 Å². The Kier molecular flexibility index (Phi) is 4.17. The number of thiocarbonyl (C=S) groups is 1. The van der Waals surface area contributed by atoms with Crippen LogP contribution in [0.2, 0.25) is 0 Å². The quantitative estimate of drug-likeness (QED) is 0.845. The van der Waals surface area contributed by atoms with E-state index in [2.05, 4.69) is 19.9 Å². The van der Waals surface area contributed by atoms with E-state index in [0.29, 0.717) is 16.7 Å². The molecule has 2 aromatic rings. The smallest absolute Gasteiger partial charge is 0.137 e. The van der Waals surface area contributed by atoms with E-state index >= 15 is 0 Å². The van der Waals surface area contributed by atoms with E-state index < -0.39 is 0 Å². The van der Waals surface area contributed by atoms with E-state index in [1.165, 1.54) is 5.56 Å². The fourth-order valence-electron chi connectivity index (χ4n) is 1.82. The van der Waals surface area contributed by atoms with Crippen LogP contribution in [0.25, 0.3) is 0 Å². The molecule has 0 fully saturated rings. The van der Waals surface area contributed by atoms with Gasteiger partial charge in [-0.15, -0.1) is 0 Å². The molecule has 0 amide bonds. The summed E-state index contributed by atoms with van der Waals surface area (Å²) in [6.45, 7) is 4.31. The van der Waals surface area contributed by atoms with Crippen molar-refractivity contribution in [2.24, 2.45) is 5.73 Å². The number of hydrogen-bond acceptors (Lipinski definition) is 2. The van der Waals surface area contributed by atoms with Gasteiger partial charge in [0.1, 0.15) is 16.5 Å². The molecular weight excluding hydrogens is 254 g/mol. The normalized spacial score (nSPS) is 10.5. The third-order valence-electron chi connectivity index (χ3n) is 2.91. The van der Waals surface area contributed by atoms with Gasteiger partial charge in [-0.1, -0.05) is 50.3 Å². The Morgan fingerprint density at radius 1 is 1.11 bits per heavy atom. The molecular formula is C16H17NOS. The minimum atomic E-state index is 0.343. The van der Waals surface area contributed by atoms with Gasteiger partial charge in [0.25, 0.3) is 0 Å². The lowest BCUT2D eigenvalue weighted by atomic mass is 10.0. The second-order valence-corrected chi connectivity index (χ2v) is 5.13. The highest BCUT2D eigenvalue weighted by Crippen LogP contribution is 2.27. The van der Waals surface area contributed by atoms with Crippen molar-refractivity contribution >= 4 is 17.2 Å². The number of ether oxygens (including phenoxy) is 1. The third-order valence-corrected chi connectivity index (χ3v) is 3.12. The first-order chi connectivity index (χ1) is 9.08. The van der Waals surface area contributed by atoms with Crippen LogP contribution in [-0.4, -0.2) is 4.99 Å². The van der Waals surface area contributed by atoms with E-state index in [1.807, 2.05) is 42.5 Å². The van der Waals surface area contributed by atoms with Gasteiger partial charge in [-0.3, -0.25) is 0 Å². The predicted molar refractivity (Wildman–Crippen MR) is 82.9 cm³/mol. The molecule has 2 N–H and O–H groups in total. The maximum Gasteiger partial charge on any atom is 0.137 e. The molecule has 0 spiro atoms. The highest BCUT2D eigenvalue weighted by Gasteiger charge is 2.07. The topological polar surface area (TPSA) is 35.2 Å². The first-order valence-electron chi connectivity index (χ1n) is 6.24. The van der Waals surface area contributed by atoms with Gasteiger partial charge >= 0.3 is 0 Å². The molecule has 98 valence electrons. The summed E-state index contributed by atoms with van der Waals surface area (Å²) in [5.41, 5.74) is 7.70. The zero-order valence-electron chi connectivity index (χ0n) is 11.1. The second-order valence-electron chi connectivity index (χ2n) is 4.69. The van der Waals surface area contributed by atoms with Crippen molar-refractivity contribution in [3.8, 4) is 11.5 Å². The van der Waals surface area contributed by atoms with Crippen molar-refractivity contribution in [1.29, 1.82) is 0 Å². The van der Waals surface area contributed by atoms with Crippen LogP contribution in [-0.2, 0) is 0 Å². The number of para-hydroxylation sites is 1. The summed E-state index contributed by atoms with van der Waals surface area (Å²) in [6.07, 6.45) is 0. The fraction of sp³-hybridized carbons (Fsp3) is 0.188. The van der Waals surface area contributed by atoms with E-state index in [-0.39, 0.29) is 0 Å². The number of hydrogen-bond donors (Lipinski definition) is 1. The summed E-state index contributed by atoms with van der Waals surface area (Å²) in [4.78, 5) is 0.343. The number of nitrogens with two attached hydrogens (primary N) is 1. The van der Waals surface area contributed by atoms with Crippen molar-refractivity contribution in [3.05, 3.63) is 59.7 Å². The molecule has 2 nitrogen and oxygen atoms in total. The predicted octanol–water partition coefficient (Wildman–Crippen LogP) is 4.24. The summed E-state index contributed by atoms with van der Waals surface area (Å²) in [5, 5.41) is 0. The Bertz CT molecular complexity index is 593. The van der Waals surface area contributed by atoms with Gasteiger partial charge in [-0.25, -0.2) is 0 Å². The van der Waals surface area contributed by atoms with Crippen molar-refractivity contribution in [2.45, 2.75) is 19.8 Å². The van der Waals surface area contributed by atoms with Crippen molar-refractivity contribution < 1.29 is 4.74 Å². The summed E-state index contributed by atoms with van der Waals surface area (Å²) in [6, 6.07) is 15.6. The lowest BCUT2D eigenvalue weighted by Crippen LogP contribution is -2.10. The van der Waals surface area contributed by atoms with Crippen LogP contribution in [0.1, 0.15) is 30.9 Å². The third kappa shape index (κ3) is 3.32. The highest BCUT2D eigenvalue weighted by atomic mass is 32.1. The standard InChI is InChI=1S/C16H17NOS/c1-11(2)12-6-5-7-13(10-12)18-15-9-4-3-8-14(15)16(17)19/h3-11H,1-2H3,(H2,17,19). The average Bonchev–Trinajstić information content (AvgIpc) is 2.39. The molecule has 0 bridgehead atoms. The van der Waals surface area contributed by atoms with Crippen LogP contribution in [0.15, 0.2) is 48.5 Å². The SMILES string of the molecule is CC(C)c1cccc(Oc2ccccc2C(N)=S)c1. The molecule has 0 aliphatic heterocycles. The molecule has 0 atom stereocenters. The Hall–Kier alpha value is -1.87. The first kappa shape index (κ1) is 13.6. The van der Waals surface area contributed by atoms with E-state index in [9.17, 15) is 0 Å². The molecule has 0 radical (unpaired) electrons. The Morgan fingerprint density at radius 3 is 2.53 bits per heavy atom. The molecule has 3 heteroatoms. The van der Waals surface area contributed by atoms with Crippen LogP contribution in [0.4, 0.5) is 0 Å². The molecule has 2 aromatic carbocycles. The van der Waals surface area contributed by atoms with Gasteiger partial charge in [-0.05, 0) is 35.7 Å². The van der Waals surface area contributed by atoms with Gasteiger partial charge in [-0.2, -0.15) is 0 Å². The Labute approximate surface area is 119 Å². The molecule has 0 aromatic heterocycles.